The summed E-state index contributed by atoms with van der Waals surface area (Å²) >= 11 is 5.70. The minimum atomic E-state index is -0.347. The molecule has 1 aromatic carbocycles. The van der Waals surface area contributed by atoms with Crippen LogP contribution in [-0.4, -0.2) is 26.7 Å². The van der Waals surface area contributed by atoms with Crippen molar-refractivity contribution in [2.45, 2.75) is 0 Å². The van der Waals surface area contributed by atoms with Crippen molar-refractivity contribution in [2.24, 2.45) is 5.10 Å². The van der Waals surface area contributed by atoms with Crippen LogP contribution >= 0.6 is 11.6 Å². The van der Waals surface area contributed by atoms with Crippen LogP contribution in [0.15, 0.2) is 47.7 Å². The lowest BCUT2D eigenvalue weighted by Crippen LogP contribution is -2.73. The number of hydrogen-bond acceptors (Lipinski definition) is 4. The van der Waals surface area contributed by atoms with Crippen molar-refractivity contribution < 1.29 is 14.6 Å². The standard InChI is InChI=1S/C16H10ClFN6O/c17-13-4-1-8(7-19-13)16(25)22-14-6-12(23-24-14)15-20-10-3-2-9(18)5-11(10)21-15/h1-7H,(H,20,21)(H2,22,23,24,25)/p+1. The van der Waals surface area contributed by atoms with Crippen LogP contribution in [0.3, 0.4) is 0 Å². The number of H-pyrrole nitrogens is 1. The first-order valence-corrected chi connectivity index (χ1v) is 7.67. The number of hydrogen-bond donors (Lipinski definition) is 3. The number of nitrogens with zero attached hydrogens (tertiary/aromatic N) is 3. The van der Waals surface area contributed by atoms with Crippen molar-refractivity contribution in [3.63, 3.8) is 0 Å². The van der Waals surface area contributed by atoms with Crippen LogP contribution in [0.25, 0.3) is 16.7 Å². The first-order chi connectivity index (χ1) is 12.1. The second kappa shape index (κ2) is 6.08. The SMILES string of the molecule is O=C(NC1=N[NH2+]C(c2nc3ccc(F)cc3[nH]2)=C1)c1ccc(Cl)nc1. The molecule has 0 fully saturated rings. The van der Waals surface area contributed by atoms with Crippen molar-refractivity contribution >= 4 is 40.1 Å². The predicted octanol–water partition coefficient (Wildman–Crippen LogP) is 1.41. The number of benzene rings is 1. The number of pyridine rings is 1. The van der Waals surface area contributed by atoms with Gasteiger partial charge in [0.25, 0.3) is 5.91 Å². The third kappa shape index (κ3) is 3.12. The van der Waals surface area contributed by atoms with E-state index in [1.165, 1.54) is 24.4 Å². The van der Waals surface area contributed by atoms with Crippen LogP contribution in [-0.2, 0) is 0 Å². The summed E-state index contributed by atoms with van der Waals surface area (Å²) in [5.74, 6) is 0.233. The molecule has 1 amide bonds. The van der Waals surface area contributed by atoms with Gasteiger partial charge in [-0.2, -0.15) is 5.43 Å². The molecular weight excluding hydrogens is 347 g/mol. The van der Waals surface area contributed by atoms with Gasteiger partial charge in [-0.25, -0.2) is 14.4 Å². The molecule has 4 rings (SSSR count). The summed E-state index contributed by atoms with van der Waals surface area (Å²) < 4.78 is 13.3. The molecule has 0 radical (unpaired) electrons. The molecule has 4 N–H and O–H groups in total. The zero-order valence-corrected chi connectivity index (χ0v) is 13.4. The number of carbonyl (C=O) groups is 1. The maximum absolute atomic E-state index is 13.3. The molecule has 1 aliphatic heterocycles. The first kappa shape index (κ1) is 15.4. The zero-order valence-electron chi connectivity index (χ0n) is 12.6. The molecule has 0 unspecified atom stereocenters. The lowest BCUT2D eigenvalue weighted by Gasteiger charge is -2.00. The van der Waals surface area contributed by atoms with E-state index in [2.05, 4.69) is 25.4 Å². The number of quaternary nitrogens is 1. The largest absolute Gasteiger partial charge is 0.333 e. The van der Waals surface area contributed by atoms with Crippen LogP contribution in [0.4, 0.5) is 4.39 Å². The maximum Gasteiger partial charge on any atom is 0.258 e. The van der Waals surface area contributed by atoms with Gasteiger partial charge in [0.05, 0.1) is 22.7 Å². The number of nitrogens with one attached hydrogen (secondary N) is 2. The van der Waals surface area contributed by atoms with Crippen molar-refractivity contribution in [3.8, 4) is 0 Å². The Labute approximate surface area is 145 Å². The number of rotatable bonds is 2. The predicted molar refractivity (Wildman–Crippen MR) is 90.1 cm³/mol. The molecule has 2 aromatic heterocycles. The highest BCUT2D eigenvalue weighted by Gasteiger charge is 2.20. The summed E-state index contributed by atoms with van der Waals surface area (Å²) in [5, 5.41) is 7.14. The lowest BCUT2D eigenvalue weighted by atomic mass is 10.2. The Morgan fingerprint density at radius 3 is 2.96 bits per heavy atom. The number of aromatic amines is 1. The number of fused-ring (bicyclic) bond motifs is 1. The number of nitrogens with two attached hydrogens (primary N) is 1. The molecule has 0 atom stereocenters. The van der Waals surface area contributed by atoms with Crippen LogP contribution in [0.2, 0.25) is 5.15 Å². The Morgan fingerprint density at radius 1 is 1.28 bits per heavy atom. The number of imidazole rings is 1. The van der Waals surface area contributed by atoms with E-state index < -0.39 is 0 Å². The highest BCUT2D eigenvalue weighted by Crippen LogP contribution is 2.16. The minimum Gasteiger partial charge on any atom is -0.333 e. The zero-order chi connectivity index (χ0) is 17.4. The lowest BCUT2D eigenvalue weighted by molar-refractivity contribution is -0.566. The van der Waals surface area contributed by atoms with Crippen LogP contribution < -0.4 is 10.7 Å². The summed E-state index contributed by atoms with van der Waals surface area (Å²) in [5.41, 5.74) is 3.86. The molecule has 124 valence electrons. The molecule has 9 heteroatoms. The van der Waals surface area contributed by atoms with Gasteiger partial charge in [0.1, 0.15) is 11.0 Å². The summed E-state index contributed by atoms with van der Waals surface area (Å²) in [6.07, 6.45) is 3.06. The molecule has 0 spiro atoms. The fraction of sp³-hybridized carbons (Fsp3) is 0. The summed E-state index contributed by atoms with van der Waals surface area (Å²) in [6.45, 7) is 0. The Bertz CT molecular complexity index is 1040. The Balaban J connectivity index is 1.52. The topological polar surface area (TPSA) is 99.6 Å². The highest BCUT2D eigenvalue weighted by atomic mass is 35.5. The Morgan fingerprint density at radius 2 is 2.16 bits per heavy atom. The van der Waals surface area contributed by atoms with Gasteiger partial charge in [0.15, 0.2) is 11.7 Å². The van der Waals surface area contributed by atoms with Gasteiger partial charge in [0, 0.05) is 6.20 Å². The Kier molecular flexibility index (Phi) is 3.75. The molecule has 0 aliphatic carbocycles. The number of aromatic nitrogens is 3. The molecule has 25 heavy (non-hydrogen) atoms. The Hall–Kier alpha value is -3.10. The second-order valence-electron chi connectivity index (χ2n) is 5.31. The molecule has 3 heterocycles. The van der Waals surface area contributed by atoms with E-state index in [1.807, 2.05) is 0 Å². The summed E-state index contributed by atoms with van der Waals surface area (Å²) in [7, 11) is 0. The van der Waals surface area contributed by atoms with Gasteiger partial charge < -0.3 is 10.3 Å². The molecule has 1 aliphatic rings. The third-order valence-corrected chi connectivity index (χ3v) is 3.81. The summed E-state index contributed by atoms with van der Waals surface area (Å²) in [4.78, 5) is 23.4. The molecular formula is C16H11ClFN6O+. The van der Waals surface area contributed by atoms with Gasteiger partial charge in [-0.3, -0.25) is 4.79 Å². The van der Waals surface area contributed by atoms with Crippen LogP contribution in [0.1, 0.15) is 16.2 Å². The third-order valence-electron chi connectivity index (χ3n) is 3.58. The van der Waals surface area contributed by atoms with Crippen molar-refractivity contribution in [1.29, 1.82) is 0 Å². The van der Waals surface area contributed by atoms with Gasteiger partial charge in [0.2, 0.25) is 5.70 Å². The van der Waals surface area contributed by atoms with E-state index >= 15 is 0 Å². The molecule has 3 aromatic rings. The van der Waals surface area contributed by atoms with Gasteiger partial charge in [-0.05, 0) is 30.3 Å². The van der Waals surface area contributed by atoms with E-state index in [0.717, 1.165) is 0 Å². The minimum absolute atomic E-state index is 0.312. The van der Waals surface area contributed by atoms with Gasteiger partial charge in [-0.1, -0.05) is 16.7 Å². The number of amides is 1. The first-order valence-electron chi connectivity index (χ1n) is 7.30. The fourth-order valence-electron chi connectivity index (χ4n) is 2.38. The highest BCUT2D eigenvalue weighted by molar-refractivity contribution is 6.29. The van der Waals surface area contributed by atoms with E-state index in [1.54, 1.807) is 23.6 Å². The van der Waals surface area contributed by atoms with Crippen molar-refractivity contribution in [3.05, 3.63) is 65.0 Å². The van der Waals surface area contributed by atoms with Crippen molar-refractivity contribution in [1.82, 2.24) is 20.3 Å². The van der Waals surface area contributed by atoms with Crippen LogP contribution in [0.5, 0.6) is 0 Å². The van der Waals surface area contributed by atoms with E-state index in [-0.39, 0.29) is 11.7 Å². The number of carbonyl (C=O) groups excluding carboxylic acids is 1. The average Bonchev–Trinajstić information content (AvgIpc) is 3.21. The molecule has 0 saturated heterocycles. The quantitative estimate of drug-likeness (QED) is 0.477. The second-order valence-corrected chi connectivity index (χ2v) is 5.70. The normalized spacial score (nSPS) is 13.7. The van der Waals surface area contributed by atoms with E-state index in [9.17, 15) is 9.18 Å². The number of halogens is 2. The molecule has 0 saturated carbocycles. The van der Waals surface area contributed by atoms with Gasteiger partial charge >= 0.3 is 0 Å². The maximum atomic E-state index is 13.3. The molecule has 0 bridgehead atoms. The molecule has 7 nitrogen and oxygen atoms in total. The van der Waals surface area contributed by atoms with E-state index in [0.29, 0.717) is 39.1 Å². The average molecular weight is 358 g/mol. The summed E-state index contributed by atoms with van der Waals surface area (Å²) in [6, 6.07) is 7.42. The number of amidine groups is 1. The van der Waals surface area contributed by atoms with E-state index in [4.69, 9.17) is 11.6 Å². The van der Waals surface area contributed by atoms with Crippen LogP contribution in [0, 0.1) is 5.82 Å². The van der Waals surface area contributed by atoms with Crippen molar-refractivity contribution in [2.75, 3.05) is 0 Å². The smallest absolute Gasteiger partial charge is 0.258 e. The van der Waals surface area contributed by atoms with Gasteiger partial charge in [-0.15, -0.1) is 0 Å². The fourth-order valence-corrected chi connectivity index (χ4v) is 2.49. The monoisotopic (exact) mass is 357 g/mol.